The average molecular weight is 453 g/mol. The van der Waals surface area contributed by atoms with E-state index in [0.29, 0.717) is 28.1 Å². The number of nitrogens with one attached hydrogen (secondary N) is 1. The lowest BCUT2D eigenvalue weighted by molar-refractivity contribution is -0.116. The van der Waals surface area contributed by atoms with Gasteiger partial charge in [0.1, 0.15) is 23.9 Å². The van der Waals surface area contributed by atoms with Crippen molar-refractivity contribution in [2.24, 2.45) is 0 Å². The number of hydrogen-bond acceptors (Lipinski definition) is 6. The van der Waals surface area contributed by atoms with E-state index in [1.807, 2.05) is 6.07 Å². The minimum Gasteiger partial charge on any atom is -0.497 e. The van der Waals surface area contributed by atoms with Crippen molar-refractivity contribution in [2.45, 2.75) is 17.5 Å². The van der Waals surface area contributed by atoms with Crippen LogP contribution in [-0.4, -0.2) is 34.7 Å². The lowest BCUT2D eigenvalue weighted by Gasteiger charge is -2.12. The number of halogens is 1. The van der Waals surface area contributed by atoms with E-state index in [2.05, 4.69) is 15.3 Å². The second kappa shape index (κ2) is 9.69. The molecule has 7 nitrogen and oxygen atoms in total. The SMILES string of the molecule is COc1cc(NC(=O)Cn2c(SCc3cccc(F)c3)nc3ccncc32)cc(OC)c1. The maximum Gasteiger partial charge on any atom is 0.244 e. The van der Waals surface area contributed by atoms with E-state index in [4.69, 9.17) is 9.47 Å². The van der Waals surface area contributed by atoms with Crippen LogP contribution in [0.15, 0.2) is 66.1 Å². The minimum atomic E-state index is -0.283. The van der Waals surface area contributed by atoms with Gasteiger partial charge in [-0.25, -0.2) is 9.37 Å². The van der Waals surface area contributed by atoms with Crippen LogP contribution in [0.1, 0.15) is 5.56 Å². The molecule has 0 fully saturated rings. The van der Waals surface area contributed by atoms with E-state index >= 15 is 0 Å². The van der Waals surface area contributed by atoms with E-state index in [1.54, 1.807) is 61.5 Å². The lowest BCUT2D eigenvalue weighted by Crippen LogP contribution is -2.19. The van der Waals surface area contributed by atoms with E-state index in [1.165, 1.54) is 23.9 Å². The topological polar surface area (TPSA) is 78.3 Å². The van der Waals surface area contributed by atoms with Crippen LogP contribution >= 0.6 is 11.8 Å². The Labute approximate surface area is 188 Å². The molecule has 32 heavy (non-hydrogen) atoms. The van der Waals surface area contributed by atoms with Crippen molar-refractivity contribution in [3.63, 3.8) is 0 Å². The van der Waals surface area contributed by atoms with Crippen molar-refractivity contribution < 1.29 is 18.7 Å². The number of benzene rings is 2. The molecule has 0 saturated heterocycles. The van der Waals surface area contributed by atoms with Crippen LogP contribution in [0.4, 0.5) is 10.1 Å². The van der Waals surface area contributed by atoms with E-state index < -0.39 is 0 Å². The fraction of sp³-hybridized carbons (Fsp3) is 0.174. The molecule has 0 atom stereocenters. The zero-order valence-corrected chi connectivity index (χ0v) is 18.4. The van der Waals surface area contributed by atoms with Crippen LogP contribution in [0.5, 0.6) is 11.5 Å². The molecule has 0 aliphatic heterocycles. The fourth-order valence-electron chi connectivity index (χ4n) is 3.21. The van der Waals surface area contributed by atoms with Crippen molar-refractivity contribution in [3.8, 4) is 11.5 Å². The number of carbonyl (C=O) groups is 1. The Morgan fingerprint density at radius 3 is 2.62 bits per heavy atom. The molecule has 4 aromatic rings. The summed E-state index contributed by atoms with van der Waals surface area (Å²) in [5, 5.41) is 3.52. The summed E-state index contributed by atoms with van der Waals surface area (Å²) in [6.45, 7) is 0.0349. The highest BCUT2D eigenvalue weighted by Crippen LogP contribution is 2.28. The van der Waals surface area contributed by atoms with Gasteiger partial charge in [-0.05, 0) is 23.8 Å². The van der Waals surface area contributed by atoms with E-state index in [0.717, 1.165) is 16.6 Å². The largest absolute Gasteiger partial charge is 0.497 e. The first-order valence-corrected chi connectivity index (χ1v) is 10.7. The number of methoxy groups -OCH3 is 2. The molecule has 0 spiro atoms. The van der Waals surface area contributed by atoms with E-state index in [-0.39, 0.29) is 18.3 Å². The molecule has 2 heterocycles. The number of imidazole rings is 1. The molecule has 1 amide bonds. The third-order valence-corrected chi connectivity index (χ3v) is 5.76. The monoisotopic (exact) mass is 452 g/mol. The Hall–Kier alpha value is -3.59. The zero-order valence-electron chi connectivity index (χ0n) is 17.5. The number of thioether (sulfide) groups is 1. The number of rotatable bonds is 8. The molecule has 0 radical (unpaired) electrons. The molecule has 1 N–H and O–H groups in total. The highest BCUT2D eigenvalue weighted by Gasteiger charge is 2.15. The van der Waals surface area contributed by atoms with Gasteiger partial charge >= 0.3 is 0 Å². The van der Waals surface area contributed by atoms with Crippen molar-refractivity contribution in [1.29, 1.82) is 0 Å². The summed E-state index contributed by atoms with van der Waals surface area (Å²) >= 11 is 1.43. The molecule has 0 aliphatic rings. The second-order valence-corrected chi connectivity index (χ2v) is 7.86. The summed E-state index contributed by atoms with van der Waals surface area (Å²) in [6, 6.07) is 13.4. The Balaban J connectivity index is 1.56. The summed E-state index contributed by atoms with van der Waals surface area (Å²) in [4.78, 5) is 21.7. The normalized spacial score (nSPS) is 10.8. The highest BCUT2D eigenvalue weighted by atomic mass is 32.2. The van der Waals surface area contributed by atoms with E-state index in [9.17, 15) is 9.18 Å². The standard InChI is InChI=1S/C23H21FN4O3S/c1-30-18-9-17(10-19(11-18)31-2)26-22(29)13-28-21-12-25-7-6-20(21)27-23(28)32-14-15-4-3-5-16(24)8-15/h3-12H,13-14H2,1-2H3,(H,26,29). The van der Waals surface area contributed by atoms with Gasteiger partial charge in [-0.3, -0.25) is 9.78 Å². The minimum absolute atomic E-state index is 0.0349. The number of pyridine rings is 1. The number of aromatic nitrogens is 3. The molecular formula is C23H21FN4O3S. The van der Waals surface area contributed by atoms with Gasteiger partial charge in [0.15, 0.2) is 5.16 Å². The molecule has 0 aliphatic carbocycles. The predicted octanol–water partition coefficient (Wildman–Crippen LogP) is 4.52. The van der Waals surface area contributed by atoms with Crippen molar-refractivity contribution in [3.05, 3.63) is 72.3 Å². The lowest BCUT2D eigenvalue weighted by atomic mass is 10.2. The van der Waals surface area contributed by atoms with Gasteiger partial charge in [-0.15, -0.1) is 0 Å². The molecular weight excluding hydrogens is 431 g/mol. The first kappa shape index (κ1) is 21.6. The Bertz CT molecular complexity index is 1240. The molecule has 4 rings (SSSR count). The Kier molecular flexibility index (Phi) is 6.55. The second-order valence-electron chi connectivity index (χ2n) is 6.91. The molecule has 0 unspecified atom stereocenters. The Morgan fingerprint density at radius 1 is 1.12 bits per heavy atom. The van der Waals surface area contributed by atoms with Gasteiger partial charge in [0.2, 0.25) is 5.91 Å². The number of nitrogens with zero attached hydrogens (tertiary/aromatic N) is 3. The van der Waals surface area contributed by atoms with Crippen molar-refractivity contribution in [1.82, 2.24) is 14.5 Å². The number of fused-ring (bicyclic) bond motifs is 1. The first-order chi connectivity index (χ1) is 15.6. The number of amides is 1. The predicted molar refractivity (Wildman–Crippen MR) is 122 cm³/mol. The average Bonchev–Trinajstić information content (AvgIpc) is 3.14. The summed E-state index contributed by atoms with van der Waals surface area (Å²) in [7, 11) is 3.10. The van der Waals surface area contributed by atoms with Gasteiger partial charge < -0.3 is 19.4 Å². The fourth-order valence-corrected chi connectivity index (χ4v) is 4.17. The summed E-state index contributed by atoms with van der Waals surface area (Å²) in [5.41, 5.74) is 2.87. The Morgan fingerprint density at radius 2 is 1.91 bits per heavy atom. The summed E-state index contributed by atoms with van der Waals surface area (Å²) in [5.74, 6) is 1.14. The molecule has 164 valence electrons. The maximum absolute atomic E-state index is 13.5. The van der Waals surface area contributed by atoms with Gasteiger partial charge in [-0.2, -0.15) is 0 Å². The van der Waals surface area contributed by atoms with Crippen LogP contribution in [0.3, 0.4) is 0 Å². The number of carbonyl (C=O) groups excluding carboxylic acids is 1. The summed E-state index contributed by atoms with van der Waals surface area (Å²) in [6.07, 6.45) is 3.33. The van der Waals surface area contributed by atoms with Crippen molar-refractivity contribution in [2.75, 3.05) is 19.5 Å². The van der Waals surface area contributed by atoms with Crippen LogP contribution in [0, 0.1) is 5.82 Å². The van der Waals surface area contributed by atoms with Gasteiger partial charge in [0, 0.05) is 35.8 Å². The zero-order chi connectivity index (χ0) is 22.5. The quantitative estimate of drug-likeness (QED) is 0.396. The number of ether oxygens (including phenoxy) is 2. The smallest absolute Gasteiger partial charge is 0.244 e. The van der Waals surface area contributed by atoms with Crippen LogP contribution < -0.4 is 14.8 Å². The van der Waals surface area contributed by atoms with Crippen molar-refractivity contribution >= 4 is 34.4 Å². The highest BCUT2D eigenvalue weighted by molar-refractivity contribution is 7.98. The molecule has 2 aromatic heterocycles. The van der Waals surface area contributed by atoms with Crippen LogP contribution in [0.2, 0.25) is 0 Å². The number of anilines is 1. The summed E-state index contributed by atoms with van der Waals surface area (Å²) < 4.78 is 25.8. The molecule has 0 bridgehead atoms. The molecule has 9 heteroatoms. The third kappa shape index (κ3) is 5.00. The van der Waals surface area contributed by atoms with Crippen LogP contribution in [-0.2, 0) is 17.1 Å². The van der Waals surface area contributed by atoms with Gasteiger partial charge in [0.25, 0.3) is 0 Å². The number of hydrogen-bond donors (Lipinski definition) is 1. The third-order valence-electron chi connectivity index (χ3n) is 4.71. The molecule has 0 saturated carbocycles. The van der Waals surface area contributed by atoms with Gasteiger partial charge in [-0.1, -0.05) is 23.9 Å². The molecule has 2 aromatic carbocycles. The maximum atomic E-state index is 13.5. The van der Waals surface area contributed by atoms with Gasteiger partial charge in [0.05, 0.1) is 31.4 Å². The van der Waals surface area contributed by atoms with Crippen LogP contribution in [0.25, 0.3) is 11.0 Å². The first-order valence-electron chi connectivity index (χ1n) is 9.76.